The zero-order valence-electron chi connectivity index (χ0n) is 12.6. The molecular formula is C17H16N4O2. The molecule has 23 heavy (non-hydrogen) atoms. The average Bonchev–Trinajstić information content (AvgIpc) is 2.60. The van der Waals surface area contributed by atoms with Crippen molar-refractivity contribution in [2.75, 3.05) is 12.4 Å². The molecule has 0 unspecified atom stereocenters. The molecule has 2 aromatic carbocycles. The van der Waals surface area contributed by atoms with Crippen LogP contribution in [0.4, 0.5) is 5.95 Å². The largest absolute Gasteiger partial charge is 0.355 e. The summed E-state index contributed by atoms with van der Waals surface area (Å²) in [5.74, 6) is 0.300. The number of aromatic amines is 1. The van der Waals surface area contributed by atoms with Gasteiger partial charge in [0.15, 0.2) is 0 Å². The Morgan fingerprint density at radius 3 is 2.61 bits per heavy atom. The lowest BCUT2D eigenvalue weighted by molar-refractivity contribution is 0.0963. The molecule has 0 saturated heterocycles. The minimum absolute atomic E-state index is 0.120. The van der Waals surface area contributed by atoms with Crippen molar-refractivity contribution in [3.63, 3.8) is 0 Å². The number of nitrogens with one attached hydrogen (secondary N) is 3. The molecule has 0 atom stereocenters. The van der Waals surface area contributed by atoms with Crippen molar-refractivity contribution < 1.29 is 4.79 Å². The van der Waals surface area contributed by atoms with Crippen LogP contribution in [0.2, 0.25) is 0 Å². The van der Waals surface area contributed by atoms with E-state index >= 15 is 0 Å². The molecule has 3 N–H and O–H groups in total. The standard InChI is InChI=1S/C17H16N4O2/c1-18-15(22)12-8-6-11(7-9-12)10-19-17-20-14-5-3-2-4-13(14)16(23)21-17/h2-9H,10H2,1H3,(H,18,22)(H2,19,20,21,23). The molecule has 6 heteroatoms. The first-order chi connectivity index (χ1) is 11.2. The maximum atomic E-state index is 12.0. The van der Waals surface area contributed by atoms with Gasteiger partial charge in [-0.3, -0.25) is 14.6 Å². The van der Waals surface area contributed by atoms with Gasteiger partial charge in [0.2, 0.25) is 5.95 Å². The number of aromatic nitrogens is 2. The van der Waals surface area contributed by atoms with Gasteiger partial charge in [0, 0.05) is 19.2 Å². The van der Waals surface area contributed by atoms with Crippen molar-refractivity contribution in [2.45, 2.75) is 6.54 Å². The summed E-state index contributed by atoms with van der Waals surface area (Å²) < 4.78 is 0. The summed E-state index contributed by atoms with van der Waals surface area (Å²) in [4.78, 5) is 30.6. The Kier molecular flexibility index (Phi) is 4.05. The van der Waals surface area contributed by atoms with Crippen LogP contribution in [0, 0.1) is 0 Å². The van der Waals surface area contributed by atoms with E-state index in [-0.39, 0.29) is 11.5 Å². The molecule has 3 rings (SSSR count). The molecule has 0 fully saturated rings. The van der Waals surface area contributed by atoms with Gasteiger partial charge in [-0.05, 0) is 29.8 Å². The molecule has 0 aliphatic heterocycles. The summed E-state index contributed by atoms with van der Waals surface area (Å²) in [5.41, 5.74) is 2.06. The first-order valence-corrected chi connectivity index (χ1v) is 7.21. The van der Waals surface area contributed by atoms with E-state index in [0.717, 1.165) is 5.56 Å². The van der Waals surface area contributed by atoms with Gasteiger partial charge < -0.3 is 10.6 Å². The van der Waals surface area contributed by atoms with Gasteiger partial charge in [-0.2, -0.15) is 0 Å². The smallest absolute Gasteiger partial charge is 0.260 e. The van der Waals surface area contributed by atoms with Gasteiger partial charge >= 0.3 is 0 Å². The lowest BCUT2D eigenvalue weighted by Gasteiger charge is -2.07. The van der Waals surface area contributed by atoms with Gasteiger partial charge in [-0.15, -0.1) is 0 Å². The minimum Gasteiger partial charge on any atom is -0.355 e. The Labute approximate surface area is 132 Å². The van der Waals surface area contributed by atoms with Crippen LogP contribution < -0.4 is 16.2 Å². The van der Waals surface area contributed by atoms with Crippen molar-refractivity contribution in [1.29, 1.82) is 0 Å². The van der Waals surface area contributed by atoms with Crippen molar-refractivity contribution in [1.82, 2.24) is 15.3 Å². The normalized spacial score (nSPS) is 10.5. The number of para-hydroxylation sites is 1. The lowest BCUT2D eigenvalue weighted by Crippen LogP contribution is -2.17. The lowest BCUT2D eigenvalue weighted by atomic mass is 10.1. The number of anilines is 1. The monoisotopic (exact) mass is 308 g/mol. The van der Waals surface area contributed by atoms with E-state index in [2.05, 4.69) is 20.6 Å². The number of benzene rings is 2. The molecule has 0 bridgehead atoms. The predicted octanol–water partition coefficient (Wildman–Crippen LogP) is 1.89. The van der Waals surface area contributed by atoms with Crippen LogP contribution in [-0.2, 0) is 6.54 Å². The van der Waals surface area contributed by atoms with E-state index in [4.69, 9.17) is 0 Å². The summed E-state index contributed by atoms with van der Waals surface area (Å²) in [5, 5.41) is 6.23. The zero-order chi connectivity index (χ0) is 16.2. The molecule has 0 aliphatic carbocycles. The predicted molar refractivity (Wildman–Crippen MR) is 89.5 cm³/mol. The number of rotatable bonds is 4. The number of amides is 1. The fourth-order valence-electron chi connectivity index (χ4n) is 2.27. The summed E-state index contributed by atoms with van der Waals surface area (Å²) in [6.07, 6.45) is 0. The molecule has 1 amide bonds. The fourth-order valence-corrected chi connectivity index (χ4v) is 2.27. The Bertz CT molecular complexity index is 900. The van der Waals surface area contributed by atoms with E-state index < -0.39 is 0 Å². The van der Waals surface area contributed by atoms with Crippen molar-refractivity contribution in [2.24, 2.45) is 0 Å². The number of carbonyl (C=O) groups excluding carboxylic acids is 1. The van der Waals surface area contributed by atoms with Crippen molar-refractivity contribution in [3.8, 4) is 0 Å². The number of H-pyrrole nitrogens is 1. The molecule has 0 aliphatic rings. The van der Waals surface area contributed by atoms with E-state index in [9.17, 15) is 9.59 Å². The molecular weight excluding hydrogens is 292 g/mol. The second-order valence-corrected chi connectivity index (χ2v) is 5.06. The van der Waals surface area contributed by atoms with Crippen LogP contribution >= 0.6 is 0 Å². The maximum Gasteiger partial charge on any atom is 0.260 e. The highest BCUT2D eigenvalue weighted by molar-refractivity contribution is 5.93. The van der Waals surface area contributed by atoms with Gasteiger partial charge in [-0.25, -0.2) is 4.98 Å². The van der Waals surface area contributed by atoms with Crippen LogP contribution in [0.1, 0.15) is 15.9 Å². The molecule has 0 radical (unpaired) electrons. The number of nitrogens with zero attached hydrogens (tertiary/aromatic N) is 1. The molecule has 0 saturated carbocycles. The van der Waals surface area contributed by atoms with Crippen LogP contribution in [0.5, 0.6) is 0 Å². The van der Waals surface area contributed by atoms with Crippen LogP contribution in [0.15, 0.2) is 53.3 Å². The highest BCUT2D eigenvalue weighted by atomic mass is 16.1. The van der Waals surface area contributed by atoms with Crippen LogP contribution in [0.3, 0.4) is 0 Å². The van der Waals surface area contributed by atoms with E-state index in [1.807, 2.05) is 18.2 Å². The molecule has 6 nitrogen and oxygen atoms in total. The maximum absolute atomic E-state index is 12.0. The second kappa shape index (κ2) is 6.31. The van der Waals surface area contributed by atoms with Crippen LogP contribution in [-0.4, -0.2) is 22.9 Å². The van der Waals surface area contributed by atoms with Crippen LogP contribution in [0.25, 0.3) is 10.9 Å². The fraction of sp³-hybridized carbons (Fsp3) is 0.118. The highest BCUT2D eigenvalue weighted by Crippen LogP contribution is 2.10. The summed E-state index contributed by atoms with van der Waals surface area (Å²) in [6.45, 7) is 0.495. The van der Waals surface area contributed by atoms with E-state index in [1.54, 1.807) is 37.4 Å². The third-order valence-corrected chi connectivity index (χ3v) is 3.52. The van der Waals surface area contributed by atoms with Gasteiger partial charge in [0.1, 0.15) is 0 Å². The van der Waals surface area contributed by atoms with E-state index in [0.29, 0.717) is 29.0 Å². The minimum atomic E-state index is -0.173. The Balaban J connectivity index is 1.75. The second-order valence-electron chi connectivity index (χ2n) is 5.06. The van der Waals surface area contributed by atoms with Gasteiger partial charge in [-0.1, -0.05) is 24.3 Å². The Morgan fingerprint density at radius 2 is 1.87 bits per heavy atom. The quantitative estimate of drug-likeness (QED) is 0.687. The SMILES string of the molecule is CNC(=O)c1ccc(CNc2nc3ccccc3c(=O)[nH]2)cc1. The molecule has 0 spiro atoms. The van der Waals surface area contributed by atoms with Crippen molar-refractivity contribution in [3.05, 3.63) is 70.0 Å². The molecule has 3 aromatic rings. The Hall–Kier alpha value is -3.15. The zero-order valence-corrected chi connectivity index (χ0v) is 12.6. The number of hydrogen-bond acceptors (Lipinski definition) is 4. The highest BCUT2D eigenvalue weighted by Gasteiger charge is 2.04. The molecule has 116 valence electrons. The van der Waals surface area contributed by atoms with Gasteiger partial charge in [0.05, 0.1) is 10.9 Å². The number of carbonyl (C=O) groups is 1. The average molecular weight is 308 g/mol. The topological polar surface area (TPSA) is 86.9 Å². The first kappa shape index (κ1) is 14.8. The first-order valence-electron chi connectivity index (χ1n) is 7.21. The third-order valence-electron chi connectivity index (χ3n) is 3.52. The summed E-state index contributed by atoms with van der Waals surface area (Å²) in [6, 6.07) is 14.4. The van der Waals surface area contributed by atoms with Crippen molar-refractivity contribution >= 4 is 22.8 Å². The Morgan fingerprint density at radius 1 is 1.13 bits per heavy atom. The van der Waals surface area contributed by atoms with Gasteiger partial charge in [0.25, 0.3) is 11.5 Å². The third kappa shape index (κ3) is 3.21. The summed E-state index contributed by atoms with van der Waals surface area (Å²) in [7, 11) is 1.60. The number of hydrogen-bond donors (Lipinski definition) is 3. The summed E-state index contributed by atoms with van der Waals surface area (Å²) >= 11 is 0. The van der Waals surface area contributed by atoms with E-state index in [1.165, 1.54) is 0 Å². The molecule has 1 heterocycles. The number of fused-ring (bicyclic) bond motifs is 1. The molecule has 1 aromatic heterocycles.